The van der Waals surface area contributed by atoms with Gasteiger partial charge in [-0.2, -0.15) is 0 Å². The fraction of sp³-hybridized carbons (Fsp3) is 0.478. The summed E-state index contributed by atoms with van der Waals surface area (Å²) in [6.45, 7) is 10.6. The SMILES string of the molecule is CCc1c(C(=O)NCc2cccc(OCCN3CCOCC3)c2)[nH]c(C)c1C(C)=O. The first-order chi connectivity index (χ1) is 14.5. The standard InChI is InChI=1S/C23H31N3O4/c1-4-20-21(17(3)27)16(2)25-22(20)23(28)24-15-18-6-5-7-19(14-18)30-13-10-26-8-11-29-12-9-26/h5-7,14,25H,4,8-13,15H2,1-3H3,(H,24,28). The molecule has 0 spiro atoms. The first kappa shape index (κ1) is 22.1. The minimum absolute atomic E-state index is 0.0263. The number of aryl methyl sites for hydroxylation is 1. The molecule has 2 heterocycles. The summed E-state index contributed by atoms with van der Waals surface area (Å²) in [4.78, 5) is 30.0. The lowest BCUT2D eigenvalue weighted by Gasteiger charge is -2.26. The number of amides is 1. The zero-order valence-corrected chi connectivity index (χ0v) is 18.0. The number of ketones is 1. The first-order valence-corrected chi connectivity index (χ1v) is 10.5. The van der Waals surface area contributed by atoms with Crippen molar-refractivity contribution >= 4 is 11.7 Å². The number of nitrogens with one attached hydrogen (secondary N) is 2. The molecule has 0 atom stereocenters. The summed E-state index contributed by atoms with van der Waals surface area (Å²) >= 11 is 0. The summed E-state index contributed by atoms with van der Waals surface area (Å²) in [7, 11) is 0. The van der Waals surface area contributed by atoms with E-state index in [1.54, 1.807) is 0 Å². The zero-order valence-electron chi connectivity index (χ0n) is 18.0. The molecule has 1 aromatic carbocycles. The van der Waals surface area contributed by atoms with Crippen molar-refractivity contribution in [1.29, 1.82) is 0 Å². The highest BCUT2D eigenvalue weighted by Crippen LogP contribution is 2.20. The molecule has 162 valence electrons. The lowest BCUT2D eigenvalue weighted by atomic mass is 10.0. The molecule has 7 heteroatoms. The third-order valence-electron chi connectivity index (χ3n) is 5.36. The van der Waals surface area contributed by atoms with E-state index in [4.69, 9.17) is 9.47 Å². The van der Waals surface area contributed by atoms with Gasteiger partial charge in [0.15, 0.2) is 5.78 Å². The third kappa shape index (κ3) is 5.49. The molecule has 0 bridgehead atoms. The lowest BCUT2D eigenvalue weighted by molar-refractivity contribution is 0.0322. The number of morpholine rings is 1. The second-order valence-corrected chi connectivity index (χ2v) is 7.52. The Balaban J connectivity index is 1.55. The minimum atomic E-state index is -0.207. The molecular weight excluding hydrogens is 382 g/mol. The number of carbonyl (C=O) groups excluding carboxylic acids is 2. The van der Waals surface area contributed by atoms with Crippen molar-refractivity contribution in [1.82, 2.24) is 15.2 Å². The predicted molar refractivity (Wildman–Crippen MR) is 115 cm³/mol. The van der Waals surface area contributed by atoms with E-state index in [0.717, 1.165) is 55.4 Å². The first-order valence-electron chi connectivity index (χ1n) is 10.5. The van der Waals surface area contributed by atoms with Crippen molar-refractivity contribution in [3.63, 3.8) is 0 Å². The van der Waals surface area contributed by atoms with Crippen LogP contribution < -0.4 is 10.1 Å². The van der Waals surface area contributed by atoms with Crippen LogP contribution in [0.1, 0.15) is 51.5 Å². The Morgan fingerprint density at radius 1 is 1.27 bits per heavy atom. The average molecular weight is 414 g/mol. The molecule has 2 N–H and O–H groups in total. The molecule has 1 aliphatic rings. The van der Waals surface area contributed by atoms with Gasteiger partial charge in [-0.3, -0.25) is 14.5 Å². The molecule has 1 fully saturated rings. The Morgan fingerprint density at radius 3 is 2.73 bits per heavy atom. The van der Waals surface area contributed by atoms with E-state index in [-0.39, 0.29) is 11.7 Å². The van der Waals surface area contributed by atoms with Gasteiger partial charge in [0.05, 0.1) is 13.2 Å². The molecule has 1 aliphatic heterocycles. The second-order valence-electron chi connectivity index (χ2n) is 7.52. The fourth-order valence-electron chi connectivity index (χ4n) is 3.83. The van der Waals surface area contributed by atoms with Gasteiger partial charge in [-0.05, 0) is 43.5 Å². The molecule has 1 amide bonds. The number of rotatable bonds is 9. The summed E-state index contributed by atoms with van der Waals surface area (Å²) in [6.07, 6.45) is 0.620. The molecule has 7 nitrogen and oxygen atoms in total. The van der Waals surface area contributed by atoms with Crippen LogP contribution in [0.15, 0.2) is 24.3 Å². The Kier molecular flexibility index (Phi) is 7.65. The van der Waals surface area contributed by atoms with Gasteiger partial charge in [0.25, 0.3) is 5.91 Å². The molecule has 3 rings (SSSR count). The van der Waals surface area contributed by atoms with Gasteiger partial charge in [-0.25, -0.2) is 0 Å². The molecule has 1 aromatic heterocycles. The second kappa shape index (κ2) is 10.4. The Morgan fingerprint density at radius 2 is 2.03 bits per heavy atom. The van der Waals surface area contributed by atoms with Crippen LogP contribution in [0.5, 0.6) is 5.75 Å². The highest BCUT2D eigenvalue weighted by molar-refractivity contribution is 6.02. The largest absolute Gasteiger partial charge is 0.492 e. The van der Waals surface area contributed by atoms with Gasteiger partial charge in [0.2, 0.25) is 0 Å². The number of ether oxygens (including phenoxy) is 2. The predicted octanol–water partition coefficient (Wildman–Crippen LogP) is 2.73. The van der Waals surface area contributed by atoms with Gasteiger partial charge in [-0.1, -0.05) is 19.1 Å². The van der Waals surface area contributed by atoms with E-state index in [0.29, 0.717) is 30.8 Å². The van der Waals surface area contributed by atoms with E-state index in [1.807, 2.05) is 38.1 Å². The minimum Gasteiger partial charge on any atom is -0.492 e. The Hall–Kier alpha value is -2.64. The molecule has 0 saturated carbocycles. The maximum atomic E-state index is 12.7. The van der Waals surface area contributed by atoms with Gasteiger partial charge in [0.1, 0.15) is 18.1 Å². The van der Waals surface area contributed by atoms with Crippen LogP contribution in [-0.2, 0) is 17.7 Å². The van der Waals surface area contributed by atoms with Gasteiger partial charge in [0, 0.05) is 37.4 Å². The Labute approximate surface area is 177 Å². The third-order valence-corrected chi connectivity index (χ3v) is 5.36. The van der Waals surface area contributed by atoms with Gasteiger partial charge >= 0.3 is 0 Å². The van der Waals surface area contributed by atoms with Gasteiger partial charge < -0.3 is 19.8 Å². The highest BCUT2D eigenvalue weighted by atomic mass is 16.5. The summed E-state index contributed by atoms with van der Waals surface area (Å²) in [6, 6.07) is 7.75. The topological polar surface area (TPSA) is 83.7 Å². The van der Waals surface area contributed by atoms with Crippen LogP contribution >= 0.6 is 0 Å². The van der Waals surface area contributed by atoms with E-state index < -0.39 is 0 Å². The van der Waals surface area contributed by atoms with Crippen molar-refractivity contribution < 1.29 is 19.1 Å². The summed E-state index contributed by atoms with van der Waals surface area (Å²) in [5.41, 5.74) is 3.56. The van der Waals surface area contributed by atoms with Crippen molar-refractivity contribution in [2.24, 2.45) is 0 Å². The fourth-order valence-corrected chi connectivity index (χ4v) is 3.83. The molecular formula is C23H31N3O4. The molecule has 2 aromatic rings. The van der Waals surface area contributed by atoms with Crippen molar-refractivity contribution in [2.45, 2.75) is 33.7 Å². The number of Topliss-reactive ketones (excluding diaryl/α,β-unsaturated/α-hetero) is 1. The monoisotopic (exact) mass is 413 g/mol. The maximum absolute atomic E-state index is 12.7. The quantitative estimate of drug-likeness (QED) is 0.618. The number of nitrogens with zero attached hydrogens (tertiary/aromatic N) is 1. The smallest absolute Gasteiger partial charge is 0.268 e. The van der Waals surface area contributed by atoms with E-state index in [2.05, 4.69) is 15.2 Å². The van der Waals surface area contributed by atoms with Crippen LogP contribution in [-0.4, -0.2) is 61.0 Å². The van der Waals surface area contributed by atoms with Crippen molar-refractivity contribution in [3.8, 4) is 5.75 Å². The zero-order chi connectivity index (χ0) is 21.5. The number of aromatic nitrogens is 1. The number of aromatic amines is 1. The van der Waals surface area contributed by atoms with Crippen molar-refractivity contribution in [3.05, 3.63) is 52.3 Å². The van der Waals surface area contributed by atoms with E-state index in [1.165, 1.54) is 6.92 Å². The summed E-state index contributed by atoms with van der Waals surface area (Å²) in [5, 5.41) is 2.95. The van der Waals surface area contributed by atoms with Crippen LogP contribution in [0.4, 0.5) is 0 Å². The summed E-state index contributed by atoms with van der Waals surface area (Å²) < 4.78 is 11.2. The van der Waals surface area contributed by atoms with Crippen LogP contribution in [0.25, 0.3) is 0 Å². The normalized spacial score (nSPS) is 14.5. The molecule has 0 aliphatic carbocycles. The summed E-state index contributed by atoms with van der Waals surface area (Å²) in [5.74, 6) is 0.557. The van der Waals surface area contributed by atoms with Crippen molar-refractivity contribution in [2.75, 3.05) is 39.5 Å². The lowest BCUT2D eigenvalue weighted by Crippen LogP contribution is -2.38. The Bertz CT molecular complexity index is 885. The van der Waals surface area contributed by atoms with Crippen LogP contribution in [0, 0.1) is 6.92 Å². The number of hydrogen-bond donors (Lipinski definition) is 2. The number of H-pyrrole nitrogens is 1. The van der Waals surface area contributed by atoms with E-state index in [9.17, 15) is 9.59 Å². The van der Waals surface area contributed by atoms with Crippen LogP contribution in [0.3, 0.4) is 0 Å². The number of benzene rings is 1. The molecule has 0 unspecified atom stereocenters. The number of hydrogen-bond acceptors (Lipinski definition) is 5. The maximum Gasteiger partial charge on any atom is 0.268 e. The van der Waals surface area contributed by atoms with Crippen LogP contribution in [0.2, 0.25) is 0 Å². The molecule has 30 heavy (non-hydrogen) atoms. The highest BCUT2D eigenvalue weighted by Gasteiger charge is 2.21. The van der Waals surface area contributed by atoms with Gasteiger partial charge in [-0.15, -0.1) is 0 Å². The molecule has 0 radical (unpaired) electrons. The van der Waals surface area contributed by atoms with E-state index >= 15 is 0 Å². The molecule has 1 saturated heterocycles. The average Bonchev–Trinajstić information content (AvgIpc) is 3.09. The number of carbonyl (C=O) groups is 2.